The topological polar surface area (TPSA) is 49.4 Å². The molecule has 0 radical (unpaired) electrons. The fourth-order valence-electron chi connectivity index (χ4n) is 2.84. The molecular formula is C20H25O3-. The highest BCUT2D eigenvalue weighted by molar-refractivity contribution is 5.83. The highest BCUT2D eigenvalue weighted by Crippen LogP contribution is 2.38. The summed E-state index contributed by atoms with van der Waals surface area (Å²) < 4.78 is 5.02. The summed E-state index contributed by atoms with van der Waals surface area (Å²) in [5.41, 5.74) is 1.80. The number of benzene rings is 1. The first-order chi connectivity index (χ1) is 11.1. The average molecular weight is 313 g/mol. The number of carbonyl (C=O) groups is 1. The van der Waals surface area contributed by atoms with Crippen molar-refractivity contribution in [2.24, 2.45) is 11.8 Å². The molecule has 3 rings (SSSR count). The van der Waals surface area contributed by atoms with Crippen LogP contribution >= 0.6 is 0 Å². The van der Waals surface area contributed by atoms with Crippen LogP contribution < -0.4 is 9.84 Å². The van der Waals surface area contributed by atoms with Gasteiger partial charge in [-0.25, -0.2) is 0 Å². The molecule has 2 bridgehead atoms. The van der Waals surface area contributed by atoms with Gasteiger partial charge in [0.1, 0.15) is 5.75 Å². The molecule has 0 amide bonds. The predicted octanol–water partition coefficient (Wildman–Crippen LogP) is 3.54. The molecule has 1 aromatic rings. The number of hydrogen-bond donors (Lipinski definition) is 0. The van der Waals surface area contributed by atoms with Gasteiger partial charge in [0.2, 0.25) is 0 Å². The second kappa shape index (κ2) is 9.67. The molecule has 2 atom stereocenters. The van der Waals surface area contributed by atoms with Gasteiger partial charge in [-0.3, -0.25) is 0 Å². The zero-order valence-corrected chi connectivity index (χ0v) is 14.0. The summed E-state index contributed by atoms with van der Waals surface area (Å²) in [5, 5.41) is 10.2. The lowest BCUT2D eigenvalue weighted by atomic mass is 10.1. The smallest absolute Gasteiger partial charge is 0.119 e. The molecule has 3 heteroatoms. The maximum Gasteiger partial charge on any atom is 0.119 e. The third-order valence-corrected chi connectivity index (χ3v) is 4.05. The molecule has 23 heavy (non-hydrogen) atoms. The van der Waals surface area contributed by atoms with Gasteiger partial charge in [0.15, 0.2) is 0 Å². The molecule has 124 valence electrons. The first kappa shape index (κ1) is 18.8. The number of fused-ring (bicyclic) bond motifs is 2. The van der Waals surface area contributed by atoms with Crippen molar-refractivity contribution in [2.45, 2.75) is 26.2 Å². The molecule has 1 fully saturated rings. The first-order valence-corrected chi connectivity index (χ1v) is 7.80. The van der Waals surface area contributed by atoms with E-state index < -0.39 is 5.97 Å². The Kier molecular flexibility index (Phi) is 7.89. The molecule has 2 unspecified atom stereocenters. The van der Waals surface area contributed by atoms with E-state index >= 15 is 0 Å². The Balaban J connectivity index is 0.000000242. The third kappa shape index (κ3) is 6.15. The predicted molar refractivity (Wildman–Crippen MR) is 93.0 cm³/mol. The number of methoxy groups -OCH3 is 1. The second-order valence-corrected chi connectivity index (χ2v) is 5.59. The Morgan fingerprint density at radius 2 is 1.87 bits per heavy atom. The van der Waals surface area contributed by atoms with E-state index in [9.17, 15) is 9.90 Å². The summed E-state index contributed by atoms with van der Waals surface area (Å²) in [5.74, 6) is 1.54. The maximum absolute atomic E-state index is 10.2. The van der Waals surface area contributed by atoms with E-state index in [-0.39, 0.29) is 0 Å². The van der Waals surface area contributed by atoms with Crippen molar-refractivity contribution in [3.05, 3.63) is 60.7 Å². The summed E-state index contributed by atoms with van der Waals surface area (Å²) in [7, 11) is 1.59. The van der Waals surface area contributed by atoms with Crippen LogP contribution in [0.25, 0.3) is 6.08 Å². The fraction of sp³-hybridized carbons (Fsp3) is 0.350. The molecule has 0 saturated heterocycles. The summed E-state index contributed by atoms with van der Waals surface area (Å²) in [4.78, 5) is 10.2. The summed E-state index contributed by atoms with van der Waals surface area (Å²) >= 11 is 0. The van der Waals surface area contributed by atoms with Crippen LogP contribution in [0, 0.1) is 18.8 Å². The quantitative estimate of drug-likeness (QED) is 0.633. The van der Waals surface area contributed by atoms with Gasteiger partial charge in [-0.1, -0.05) is 24.3 Å². The molecule has 1 saturated carbocycles. The van der Waals surface area contributed by atoms with Crippen molar-refractivity contribution in [3.63, 3.8) is 0 Å². The van der Waals surface area contributed by atoms with E-state index in [0.717, 1.165) is 34.8 Å². The highest BCUT2D eigenvalue weighted by Gasteiger charge is 2.25. The monoisotopic (exact) mass is 313 g/mol. The summed E-state index contributed by atoms with van der Waals surface area (Å²) in [6, 6.07) is 5.42. The maximum atomic E-state index is 10.2. The van der Waals surface area contributed by atoms with Crippen molar-refractivity contribution in [1.29, 1.82) is 0 Å². The lowest BCUT2D eigenvalue weighted by Crippen LogP contribution is -2.18. The number of aryl methyl sites for hydroxylation is 1. The molecular weight excluding hydrogens is 288 g/mol. The molecule has 0 aromatic heterocycles. The van der Waals surface area contributed by atoms with Crippen molar-refractivity contribution in [1.82, 2.24) is 0 Å². The molecule has 1 aromatic carbocycles. The minimum Gasteiger partial charge on any atom is -0.545 e. The summed E-state index contributed by atoms with van der Waals surface area (Å²) in [6.45, 7) is 7.89. The van der Waals surface area contributed by atoms with Crippen molar-refractivity contribution >= 4 is 12.0 Å². The zero-order valence-electron chi connectivity index (χ0n) is 14.0. The van der Waals surface area contributed by atoms with Crippen molar-refractivity contribution in [2.75, 3.05) is 7.11 Å². The van der Waals surface area contributed by atoms with Gasteiger partial charge < -0.3 is 14.6 Å². The first-order valence-electron chi connectivity index (χ1n) is 7.80. The van der Waals surface area contributed by atoms with Gasteiger partial charge in [-0.05, 0) is 67.4 Å². The Bertz CT molecular complexity index is 560. The van der Waals surface area contributed by atoms with Crippen LogP contribution in [0.3, 0.4) is 0 Å². The lowest BCUT2D eigenvalue weighted by Gasteiger charge is -2.04. The molecule has 2 aliphatic carbocycles. The van der Waals surface area contributed by atoms with Crippen LogP contribution in [0.5, 0.6) is 5.75 Å². The van der Waals surface area contributed by atoms with E-state index in [1.807, 2.05) is 13.0 Å². The molecule has 0 aliphatic heterocycles. The van der Waals surface area contributed by atoms with E-state index in [0.29, 0.717) is 0 Å². The lowest BCUT2D eigenvalue weighted by molar-refractivity contribution is -0.297. The number of carboxylic acid groups (broad SMARTS) is 1. The van der Waals surface area contributed by atoms with E-state index in [4.69, 9.17) is 4.74 Å². The van der Waals surface area contributed by atoms with Crippen LogP contribution in [0.4, 0.5) is 0 Å². The van der Waals surface area contributed by atoms with Gasteiger partial charge >= 0.3 is 0 Å². The highest BCUT2D eigenvalue weighted by atomic mass is 16.5. The number of carboxylic acids is 1. The van der Waals surface area contributed by atoms with Crippen LogP contribution in [-0.4, -0.2) is 13.1 Å². The SMILES string of the molecule is C1=CC2CCC1C2.C=C.COc1ccc(C=CC(=O)[O-])c(C)c1. The Labute approximate surface area is 139 Å². The van der Waals surface area contributed by atoms with Gasteiger partial charge in [0.25, 0.3) is 0 Å². The van der Waals surface area contributed by atoms with Gasteiger partial charge in [0, 0.05) is 0 Å². The molecule has 0 heterocycles. The normalized spacial score (nSPS) is 20.4. The van der Waals surface area contributed by atoms with Crippen LogP contribution in [0.15, 0.2) is 49.6 Å². The van der Waals surface area contributed by atoms with Crippen LogP contribution in [0.1, 0.15) is 30.4 Å². The number of allylic oxidation sites excluding steroid dienone is 2. The molecule has 0 N–H and O–H groups in total. The number of ether oxygens (including phenoxy) is 1. The standard InChI is InChI=1S/C11H12O3.C7H10.C2H4/c1-8-7-10(14-2)5-3-9(8)4-6-11(12)13;1-2-7-4-3-6(1)5-7;1-2/h3-7H,1-2H3,(H,12,13);1-2,6-7H,3-5H2;1-2H2/p-1. The third-order valence-electron chi connectivity index (χ3n) is 4.05. The molecule has 0 spiro atoms. The Morgan fingerprint density at radius 3 is 2.22 bits per heavy atom. The van der Waals surface area contributed by atoms with Gasteiger partial charge in [0.05, 0.1) is 13.1 Å². The average Bonchev–Trinajstić information content (AvgIpc) is 3.21. The van der Waals surface area contributed by atoms with Gasteiger partial charge in [-0.15, -0.1) is 13.2 Å². The largest absolute Gasteiger partial charge is 0.545 e. The zero-order chi connectivity index (χ0) is 17.2. The molecule has 3 nitrogen and oxygen atoms in total. The minimum absolute atomic E-state index is 0.758. The number of rotatable bonds is 3. The minimum atomic E-state index is -1.19. The van der Waals surface area contributed by atoms with Crippen molar-refractivity contribution in [3.8, 4) is 5.75 Å². The van der Waals surface area contributed by atoms with Crippen LogP contribution in [-0.2, 0) is 4.79 Å². The van der Waals surface area contributed by atoms with E-state index in [1.54, 1.807) is 19.2 Å². The number of aliphatic carboxylic acids is 1. The van der Waals surface area contributed by atoms with E-state index in [2.05, 4.69) is 25.3 Å². The van der Waals surface area contributed by atoms with Crippen molar-refractivity contribution < 1.29 is 14.6 Å². The fourth-order valence-corrected chi connectivity index (χ4v) is 2.84. The van der Waals surface area contributed by atoms with E-state index in [1.165, 1.54) is 25.3 Å². The Hall–Kier alpha value is -2.29. The molecule has 2 aliphatic rings. The summed E-state index contributed by atoms with van der Waals surface area (Å²) in [6.07, 6.45) is 11.7. The number of hydrogen-bond acceptors (Lipinski definition) is 3. The van der Waals surface area contributed by atoms with Gasteiger partial charge in [-0.2, -0.15) is 0 Å². The Morgan fingerprint density at radius 1 is 1.26 bits per heavy atom. The number of carbonyl (C=O) groups excluding carboxylic acids is 1. The second-order valence-electron chi connectivity index (χ2n) is 5.59. The van der Waals surface area contributed by atoms with Crippen LogP contribution in [0.2, 0.25) is 0 Å².